The lowest BCUT2D eigenvalue weighted by molar-refractivity contribution is -0.129. The molecule has 2 aliphatic carbocycles. The molecule has 2 aliphatic rings. The van der Waals surface area contributed by atoms with E-state index >= 15 is 0 Å². The molecule has 1 amide bonds. The first-order chi connectivity index (χ1) is 9.70. The number of amides is 1. The van der Waals surface area contributed by atoms with Crippen LogP contribution in [0.2, 0.25) is 0 Å². The maximum absolute atomic E-state index is 12.4. The molecular weight excluding hydrogens is 284 g/mol. The van der Waals surface area contributed by atoms with Gasteiger partial charge in [0.15, 0.2) is 0 Å². The Labute approximate surface area is 133 Å². The van der Waals surface area contributed by atoms with Crippen LogP contribution in [-0.4, -0.2) is 23.8 Å². The van der Waals surface area contributed by atoms with E-state index in [1.807, 2.05) is 13.8 Å². The largest absolute Gasteiger partial charge is 0.351 e. The quantitative estimate of drug-likeness (QED) is 0.552. The summed E-state index contributed by atoms with van der Waals surface area (Å²) in [4.78, 5) is 23.8. The molecule has 0 aromatic rings. The van der Waals surface area contributed by atoms with Crippen LogP contribution in [0.5, 0.6) is 0 Å². The van der Waals surface area contributed by atoms with Gasteiger partial charge in [0.1, 0.15) is 11.8 Å². The summed E-state index contributed by atoms with van der Waals surface area (Å²) in [5.74, 6) is 1.47. The molecule has 0 radical (unpaired) electrons. The summed E-state index contributed by atoms with van der Waals surface area (Å²) in [6, 6.07) is 0.161. The fraction of sp³-hybridized carbons (Fsp3) is 0.875. The number of carbonyl (C=O) groups is 2. The molecule has 120 valence electrons. The van der Waals surface area contributed by atoms with Crippen molar-refractivity contribution in [3.8, 4) is 0 Å². The highest BCUT2D eigenvalue weighted by atomic mass is 32.1. The van der Waals surface area contributed by atoms with Crippen LogP contribution in [0.1, 0.15) is 53.4 Å². The number of nitrogens with one attached hydrogen (secondary N) is 2. The number of rotatable bonds is 4. The van der Waals surface area contributed by atoms with Crippen LogP contribution in [0.15, 0.2) is 0 Å². The monoisotopic (exact) mass is 312 g/mol. The second-order valence-electron chi connectivity index (χ2n) is 7.99. The SMILES string of the molecule is CC1CC2CC(CC(C)(C=O)C2)C1NC(=O)C(C)(C)NS. The van der Waals surface area contributed by atoms with E-state index in [9.17, 15) is 9.59 Å². The molecule has 5 atom stereocenters. The van der Waals surface area contributed by atoms with Crippen LogP contribution >= 0.6 is 12.8 Å². The number of hydrogen-bond donors (Lipinski definition) is 3. The van der Waals surface area contributed by atoms with Crippen molar-refractivity contribution < 1.29 is 9.59 Å². The first-order valence-electron chi connectivity index (χ1n) is 7.89. The molecule has 5 heteroatoms. The van der Waals surface area contributed by atoms with Gasteiger partial charge < -0.3 is 10.1 Å². The van der Waals surface area contributed by atoms with E-state index in [2.05, 4.69) is 36.7 Å². The van der Waals surface area contributed by atoms with E-state index in [4.69, 9.17) is 0 Å². The molecule has 5 unspecified atom stereocenters. The highest BCUT2D eigenvalue weighted by molar-refractivity contribution is 7.78. The number of thiol groups is 1. The molecule has 0 saturated heterocycles. The molecule has 0 spiro atoms. The molecule has 0 heterocycles. The van der Waals surface area contributed by atoms with Crippen LogP contribution < -0.4 is 10.0 Å². The van der Waals surface area contributed by atoms with Gasteiger partial charge in [0.25, 0.3) is 0 Å². The lowest BCUT2D eigenvalue weighted by Gasteiger charge is -2.49. The van der Waals surface area contributed by atoms with Gasteiger partial charge in [0, 0.05) is 11.5 Å². The maximum Gasteiger partial charge on any atom is 0.240 e. The lowest BCUT2D eigenvalue weighted by atomic mass is 9.58. The van der Waals surface area contributed by atoms with Crippen molar-refractivity contribution in [2.45, 2.75) is 65.0 Å². The number of hydrogen-bond acceptors (Lipinski definition) is 4. The number of fused-ring (bicyclic) bond motifs is 2. The third kappa shape index (κ3) is 3.45. The molecule has 0 aliphatic heterocycles. The maximum atomic E-state index is 12.4. The van der Waals surface area contributed by atoms with Gasteiger partial charge in [-0.3, -0.25) is 9.52 Å². The summed E-state index contributed by atoms with van der Waals surface area (Å²) in [5, 5.41) is 3.21. The van der Waals surface area contributed by atoms with Crippen LogP contribution in [0.4, 0.5) is 0 Å². The Kier molecular flexibility index (Phi) is 4.74. The van der Waals surface area contributed by atoms with Gasteiger partial charge in [-0.05, 0) is 57.3 Å². The molecule has 2 N–H and O–H groups in total. The van der Waals surface area contributed by atoms with E-state index in [0.717, 1.165) is 32.0 Å². The molecular formula is C16H28N2O2S. The molecule has 21 heavy (non-hydrogen) atoms. The second kappa shape index (κ2) is 5.92. The smallest absolute Gasteiger partial charge is 0.240 e. The third-order valence-electron chi connectivity index (χ3n) is 5.38. The van der Waals surface area contributed by atoms with Crippen molar-refractivity contribution in [3.05, 3.63) is 0 Å². The van der Waals surface area contributed by atoms with Gasteiger partial charge in [0.05, 0.1) is 0 Å². The van der Waals surface area contributed by atoms with Gasteiger partial charge in [0.2, 0.25) is 5.91 Å². The Bertz CT molecular complexity index is 425. The Hall–Kier alpha value is -0.550. The van der Waals surface area contributed by atoms with Gasteiger partial charge in [-0.1, -0.05) is 26.7 Å². The predicted molar refractivity (Wildman–Crippen MR) is 86.9 cm³/mol. The van der Waals surface area contributed by atoms with E-state index in [1.165, 1.54) is 0 Å². The normalized spacial score (nSPS) is 39.7. The third-order valence-corrected chi connectivity index (χ3v) is 5.93. The Morgan fingerprint density at radius 3 is 2.57 bits per heavy atom. The van der Waals surface area contributed by atoms with E-state index in [1.54, 1.807) is 0 Å². The molecule has 2 rings (SSSR count). The first-order valence-corrected chi connectivity index (χ1v) is 8.34. The van der Waals surface area contributed by atoms with Gasteiger partial charge in [-0.15, -0.1) is 0 Å². The minimum atomic E-state index is -0.692. The van der Waals surface area contributed by atoms with E-state index in [0.29, 0.717) is 17.8 Å². The van der Waals surface area contributed by atoms with Crippen LogP contribution in [0.25, 0.3) is 0 Å². The summed E-state index contributed by atoms with van der Waals surface area (Å²) in [6.07, 6.45) is 5.24. The van der Waals surface area contributed by atoms with Crippen molar-refractivity contribution in [1.29, 1.82) is 0 Å². The summed E-state index contributed by atoms with van der Waals surface area (Å²) in [7, 11) is 0. The summed E-state index contributed by atoms with van der Waals surface area (Å²) in [6.45, 7) is 7.92. The second-order valence-corrected chi connectivity index (χ2v) is 8.21. The minimum absolute atomic E-state index is 0.0221. The van der Waals surface area contributed by atoms with Gasteiger partial charge >= 0.3 is 0 Å². The molecule has 0 aromatic carbocycles. The average Bonchev–Trinajstić information content (AvgIpc) is 2.42. The van der Waals surface area contributed by atoms with Gasteiger partial charge in [-0.25, -0.2) is 0 Å². The molecule has 0 aromatic heterocycles. The van der Waals surface area contributed by atoms with E-state index in [-0.39, 0.29) is 17.4 Å². The number of aldehydes is 1. The Morgan fingerprint density at radius 2 is 2.00 bits per heavy atom. The Morgan fingerprint density at radius 1 is 1.33 bits per heavy atom. The average molecular weight is 312 g/mol. The van der Waals surface area contributed by atoms with Crippen molar-refractivity contribution in [2.24, 2.45) is 23.2 Å². The first kappa shape index (κ1) is 16.8. The van der Waals surface area contributed by atoms with Gasteiger partial charge in [-0.2, -0.15) is 0 Å². The standard InChI is InChI=1S/C16H28N2O2S/c1-10-5-11-6-12(8-16(4,7-11)9-19)13(10)17-14(20)15(2,3)18-21/h9-13,18,21H,5-8H2,1-4H3,(H,17,20). The zero-order valence-corrected chi connectivity index (χ0v) is 14.4. The zero-order valence-electron chi connectivity index (χ0n) is 13.5. The van der Waals surface area contributed by atoms with Crippen LogP contribution in [0, 0.1) is 23.2 Å². The molecule has 2 saturated carbocycles. The summed E-state index contributed by atoms with van der Waals surface area (Å²) in [5.41, 5.74) is -0.906. The van der Waals surface area contributed by atoms with Crippen molar-refractivity contribution in [3.63, 3.8) is 0 Å². The molecule has 2 fully saturated rings. The van der Waals surface area contributed by atoms with Crippen molar-refractivity contribution in [2.75, 3.05) is 0 Å². The number of carbonyl (C=O) groups excluding carboxylic acids is 2. The highest BCUT2D eigenvalue weighted by Crippen LogP contribution is 2.49. The minimum Gasteiger partial charge on any atom is -0.351 e. The topological polar surface area (TPSA) is 58.2 Å². The van der Waals surface area contributed by atoms with Crippen molar-refractivity contribution >= 4 is 25.0 Å². The highest BCUT2D eigenvalue weighted by Gasteiger charge is 2.46. The Balaban J connectivity index is 2.12. The summed E-state index contributed by atoms with van der Waals surface area (Å²) >= 11 is 4.04. The molecule has 4 nitrogen and oxygen atoms in total. The molecule has 2 bridgehead atoms. The zero-order chi connectivity index (χ0) is 15.8. The van der Waals surface area contributed by atoms with Crippen molar-refractivity contribution in [1.82, 2.24) is 10.0 Å². The lowest BCUT2D eigenvalue weighted by Crippen LogP contribution is -2.58. The summed E-state index contributed by atoms with van der Waals surface area (Å²) < 4.78 is 2.75. The predicted octanol–water partition coefficient (Wildman–Crippen LogP) is 2.35. The van der Waals surface area contributed by atoms with Crippen LogP contribution in [-0.2, 0) is 9.59 Å². The fourth-order valence-corrected chi connectivity index (χ4v) is 4.37. The van der Waals surface area contributed by atoms with E-state index < -0.39 is 5.54 Å². The fourth-order valence-electron chi connectivity index (χ4n) is 4.27. The van der Waals surface area contributed by atoms with Crippen LogP contribution in [0.3, 0.4) is 0 Å².